The number of nitrogens with zero attached hydrogens (tertiary/aromatic N) is 4. The smallest absolute Gasteiger partial charge is 0.272 e. The lowest BCUT2D eigenvalue weighted by Gasteiger charge is -2.16. The summed E-state index contributed by atoms with van der Waals surface area (Å²) in [5.74, 6) is -0.494. The number of H-pyrrole nitrogens is 1. The Labute approximate surface area is 227 Å². The van der Waals surface area contributed by atoms with Gasteiger partial charge in [0.1, 0.15) is 11.6 Å². The van der Waals surface area contributed by atoms with Gasteiger partial charge >= 0.3 is 0 Å². The van der Waals surface area contributed by atoms with Crippen LogP contribution in [0.1, 0.15) is 18.5 Å². The number of benzene rings is 3. The van der Waals surface area contributed by atoms with Gasteiger partial charge in [0.15, 0.2) is 0 Å². The molecule has 0 bridgehead atoms. The van der Waals surface area contributed by atoms with E-state index in [0.717, 1.165) is 18.4 Å². The maximum Gasteiger partial charge on any atom is 0.272 e. The molecule has 1 fully saturated rings. The molecule has 1 aliphatic carbocycles. The van der Waals surface area contributed by atoms with Crippen molar-refractivity contribution < 1.29 is 9.13 Å². The maximum absolute atomic E-state index is 15.7. The largest absolute Gasteiger partial charge is 0.501 e. The molecular weight excluding hydrogens is 519 g/mol. The topological polar surface area (TPSA) is 103 Å². The minimum Gasteiger partial charge on any atom is -0.501 e. The Kier molecular flexibility index (Phi) is 6.14. The molecule has 6 rings (SSSR count). The molecule has 0 unspecified atom stereocenters. The number of nitrogens with two attached hydrogens (primary N) is 1. The molecule has 1 aliphatic rings. The van der Waals surface area contributed by atoms with E-state index in [0.29, 0.717) is 38.9 Å². The minimum atomic E-state index is -0.736. The van der Waals surface area contributed by atoms with Crippen molar-refractivity contribution >= 4 is 28.1 Å². The number of fused-ring (bicyclic) bond motifs is 1. The van der Waals surface area contributed by atoms with Gasteiger partial charge < -0.3 is 10.5 Å². The molecule has 5 aromatic rings. The Morgan fingerprint density at radius 1 is 1.21 bits per heavy atom. The predicted molar refractivity (Wildman–Crippen MR) is 148 cm³/mol. The zero-order valence-electron chi connectivity index (χ0n) is 20.8. The molecule has 0 radical (unpaired) electrons. The van der Waals surface area contributed by atoms with Crippen LogP contribution in [-0.4, -0.2) is 26.1 Å². The molecule has 39 heavy (non-hydrogen) atoms. The zero-order valence-corrected chi connectivity index (χ0v) is 21.6. The quantitative estimate of drug-likeness (QED) is 0.257. The zero-order chi connectivity index (χ0) is 27.3. The first-order valence-corrected chi connectivity index (χ1v) is 12.7. The van der Waals surface area contributed by atoms with Crippen LogP contribution < -0.4 is 16.0 Å². The Morgan fingerprint density at radius 3 is 2.67 bits per heavy atom. The van der Waals surface area contributed by atoms with Crippen molar-refractivity contribution in [2.75, 3.05) is 0 Å². The van der Waals surface area contributed by atoms with Gasteiger partial charge in [0.25, 0.3) is 5.56 Å². The van der Waals surface area contributed by atoms with Crippen molar-refractivity contribution in [3.8, 4) is 39.3 Å². The third-order valence-electron chi connectivity index (χ3n) is 6.82. The molecule has 0 amide bonds. The van der Waals surface area contributed by atoms with Gasteiger partial charge in [-0.25, -0.2) is 14.3 Å². The highest BCUT2D eigenvalue weighted by molar-refractivity contribution is 6.31. The van der Waals surface area contributed by atoms with E-state index in [-0.39, 0.29) is 40.2 Å². The van der Waals surface area contributed by atoms with Crippen LogP contribution in [0, 0.1) is 12.4 Å². The van der Waals surface area contributed by atoms with Gasteiger partial charge in [0, 0.05) is 30.1 Å². The minimum absolute atomic E-state index is 0.00703. The summed E-state index contributed by atoms with van der Waals surface area (Å²) < 4.78 is 23.2. The lowest BCUT2D eigenvalue weighted by Crippen LogP contribution is -2.14. The van der Waals surface area contributed by atoms with Crippen molar-refractivity contribution in [2.24, 2.45) is 12.8 Å². The highest BCUT2D eigenvalue weighted by Gasteiger charge is 2.30. The van der Waals surface area contributed by atoms with Crippen molar-refractivity contribution in [1.29, 1.82) is 0 Å². The van der Waals surface area contributed by atoms with Crippen LogP contribution in [-0.2, 0) is 13.6 Å². The van der Waals surface area contributed by atoms with Gasteiger partial charge in [-0.05, 0) is 47.7 Å². The monoisotopic (exact) mass is 540 g/mol. The molecule has 0 atom stereocenters. The van der Waals surface area contributed by atoms with Gasteiger partial charge in [-0.15, -0.1) is 0 Å². The van der Waals surface area contributed by atoms with Crippen molar-refractivity contribution in [2.45, 2.75) is 25.5 Å². The van der Waals surface area contributed by atoms with E-state index in [1.807, 2.05) is 36.4 Å². The Hall–Kier alpha value is -4.52. The second-order valence-corrected chi connectivity index (χ2v) is 9.78. The lowest BCUT2D eigenvalue weighted by molar-refractivity contribution is 0.305. The molecule has 8 nitrogen and oxygen atoms in total. The standard InChI is InChI=1S/C29H22ClFN6O2/c1-33-27-23(39-17-8-9-17)12-21(30)26(31)25(27)28-20(14-34-37(28)2)16-10-18(15-6-4-3-5-7-15)24-19(11-16)22(13-32)35-36-29(24)38/h3-7,10-12,14,17H,8-9,13,32H2,2H3,(H,36,38). The molecule has 194 valence electrons. The lowest BCUT2D eigenvalue weighted by atomic mass is 9.92. The van der Waals surface area contributed by atoms with E-state index in [2.05, 4.69) is 20.1 Å². The molecular formula is C29H22ClFN6O2. The first kappa shape index (κ1) is 24.8. The first-order valence-electron chi connectivity index (χ1n) is 12.3. The summed E-state index contributed by atoms with van der Waals surface area (Å²) in [5, 5.41) is 12.0. The van der Waals surface area contributed by atoms with Crippen LogP contribution in [0.15, 0.2) is 59.5 Å². The number of rotatable bonds is 6. The summed E-state index contributed by atoms with van der Waals surface area (Å²) in [6.45, 7) is 7.98. The number of hydrogen-bond acceptors (Lipinski definition) is 5. The molecule has 2 aromatic heterocycles. The highest BCUT2D eigenvalue weighted by atomic mass is 35.5. The first-order chi connectivity index (χ1) is 18.9. The SMILES string of the molecule is [C-]#[N+]c1c(OC2CC2)cc(Cl)c(F)c1-c1c(-c2cc(-c3ccccc3)c3c(=O)[nH]nc(CN)c3c2)cnn1C. The Morgan fingerprint density at radius 2 is 1.97 bits per heavy atom. The summed E-state index contributed by atoms with van der Waals surface area (Å²) in [4.78, 5) is 16.6. The van der Waals surface area contributed by atoms with Crippen LogP contribution >= 0.6 is 11.6 Å². The molecule has 0 saturated heterocycles. The normalized spacial score (nSPS) is 13.0. The molecule has 0 spiro atoms. The van der Waals surface area contributed by atoms with Crippen LogP contribution in [0.2, 0.25) is 5.02 Å². The average molecular weight is 541 g/mol. The van der Waals surface area contributed by atoms with E-state index in [4.69, 9.17) is 28.6 Å². The third-order valence-corrected chi connectivity index (χ3v) is 7.10. The van der Waals surface area contributed by atoms with Gasteiger partial charge in [-0.2, -0.15) is 10.2 Å². The Bertz CT molecular complexity index is 1850. The fourth-order valence-electron chi connectivity index (χ4n) is 4.83. The molecule has 3 N–H and O–H groups in total. The van der Waals surface area contributed by atoms with Crippen LogP contribution in [0.4, 0.5) is 10.1 Å². The predicted octanol–water partition coefficient (Wildman–Crippen LogP) is 6.00. The van der Waals surface area contributed by atoms with Gasteiger partial charge in [0.05, 0.1) is 40.7 Å². The van der Waals surface area contributed by atoms with Crippen molar-refractivity contribution in [1.82, 2.24) is 20.0 Å². The molecule has 2 heterocycles. The van der Waals surface area contributed by atoms with E-state index in [1.165, 1.54) is 10.7 Å². The second kappa shape index (κ2) is 9.66. The summed E-state index contributed by atoms with van der Waals surface area (Å²) in [5.41, 5.74) is 9.19. The number of nitrogens with one attached hydrogen (secondary N) is 1. The van der Waals surface area contributed by atoms with Crippen LogP contribution in [0.25, 0.3) is 49.1 Å². The van der Waals surface area contributed by atoms with E-state index in [1.54, 1.807) is 19.3 Å². The van der Waals surface area contributed by atoms with E-state index < -0.39 is 5.82 Å². The number of aromatic nitrogens is 4. The molecule has 3 aromatic carbocycles. The summed E-state index contributed by atoms with van der Waals surface area (Å²) >= 11 is 6.31. The summed E-state index contributed by atoms with van der Waals surface area (Å²) in [6, 6.07) is 14.5. The number of aromatic amines is 1. The number of aryl methyl sites for hydroxylation is 1. The van der Waals surface area contributed by atoms with Gasteiger partial charge in [-0.3, -0.25) is 9.48 Å². The van der Waals surface area contributed by atoms with Gasteiger partial charge in [0.2, 0.25) is 5.69 Å². The molecule has 0 aliphatic heterocycles. The Balaban J connectivity index is 1.67. The van der Waals surface area contributed by atoms with Crippen molar-refractivity contribution in [3.05, 3.63) is 93.0 Å². The maximum atomic E-state index is 15.7. The molecule has 1 saturated carbocycles. The number of halogens is 2. The fraction of sp³-hybridized carbons (Fsp3) is 0.172. The number of hydrogen-bond donors (Lipinski definition) is 2. The van der Waals surface area contributed by atoms with Crippen LogP contribution in [0.3, 0.4) is 0 Å². The third kappa shape index (κ3) is 4.24. The highest BCUT2D eigenvalue weighted by Crippen LogP contribution is 2.48. The second-order valence-electron chi connectivity index (χ2n) is 9.37. The van der Waals surface area contributed by atoms with Gasteiger partial charge in [-0.1, -0.05) is 41.9 Å². The average Bonchev–Trinajstić information content (AvgIpc) is 3.69. The molecule has 10 heteroatoms. The van der Waals surface area contributed by atoms with E-state index in [9.17, 15) is 4.79 Å². The summed E-state index contributed by atoms with van der Waals surface area (Å²) in [6.07, 6.45) is 3.33. The van der Waals surface area contributed by atoms with E-state index >= 15 is 4.39 Å². The van der Waals surface area contributed by atoms with Crippen LogP contribution in [0.5, 0.6) is 5.75 Å². The summed E-state index contributed by atoms with van der Waals surface area (Å²) in [7, 11) is 1.67. The van der Waals surface area contributed by atoms with Crippen molar-refractivity contribution in [3.63, 3.8) is 0 Å². The number of ether oxygens (including phenoxy) is 1. The fourth-order valence-corrected chi connectivity index (χ4v) is 5.02.